The summed E-state index contributed by atoms with van der Waals surface area (Å²) in [5, 5.41) is 13.4. The van der Waals surface area contributed by atoms with Crippen LogP contribution in [0.1, 0.15) is 64.3 Å². The minimum absolute atomic E-state index is 0.255. The van der Waals surface area contributed by atoms with Gasteiger partial charge in [0.2, 0.25) is 5.01 Å². The highest BCUT2D eigenvalue weighted by Gasteiger charge is 2.22. The number of carbonyl (C=O) groups is 1. The Hall–Kier alpha value is -2.39. The normalized spacial score (nSPS) is 14.5. The van der Waals surface area contributed by atoms with Gasteiger partial charge in [0, 0.05) is 17.4 Å². The van der Waals surface area contributed by atoms with Crippen LogP contribution in [0.5, 0.6) is 5.75 Å². The molecule has 1 amide bonds. The maximum Gasteiger partial charge on any atom is 0.286 e. The zero-order chi connectivity index (χ0) is 21.8. The molecular formula is C22H27N5O2S2. The van der Waals surface area contributed by atoms with Gasteiger partial charge in [-0.05, 0) is 51.0 Å². The van der Waals surface area contributed by atoms with Crippen molar-refractivity contribution in [3.05, 3.63) is 45.7 Å². The molecule has 1 aliphatic rings. The molecule has 0 radical (unpaired) electrons. The van der Waals surface area contributed by atoms with Crippen molar-refractivity contribution in [3.63, 3.8) is 0 Å². The predicted molar refractivity (Wildman–Crippen MR) is 124 cm³/mol. The molecule has 1 aromatic carbocycles. The molecule has 3 aromatic rings. The maximum absolute atomic E-state index is 12.5. The molecule has 0 atom stereocenters. The molecule has 1 aliphatic carbocycles. The Balaban J connectivity index is 1.40. The van der Waals surface area contributed by atoms with Crippen molar-refractivity contribution in [3.8, 4) is 5.75 Å². The van der Waals surface area contributed by atoms with E-state index in [1.54, 1.807) is 43.1 Å². The zero-order valence-corrected chi connectivity index (χ0v) is 19.7. The lowest BCUT2D eigenvalue weighted by molar-refractivity contribution is 0.102. The van der Waals surface area contributed by atoms with Crippen molar-refractivity contribution >= 4 is 34.7 Å². The van der Waals surface area contributed by atoms with Crippen LogP contribution in [0.4, 0.5) is 5.69 Å². The zero-order valence-electron chi connectivity index (χ0n) is 18.1. The molecule has 4 rings (SSSR count). The number of rotatable bonds is 7. The van der Waals surface area contributed by atoms with Gasteiger partial charge < -0.3 is 14.6 Å². The first kappa shape index (κ1) is 21.8. The second-order valence-corrected chi connectivity index (χ2v) is 9.70. The van der Waals surface area contributed by atoms with Crippen LogP contribution in [0.25, 0.3) is 0 Å². The largest absolute Gasteiger partial charge is 0.497 e. The van der Waals surface area contributed by atoms with E-state index in [-0.39, 0.29) is 5.91 Å². The van der Waals surface area contributed by atoms with Crippen LogP contribution in [-0.4, -0.2) is 32.8 Å². The van der Waals surface area contributed by atoms with Crippen LogP contribution in [-0.2, 0) is 5.75 Å². The average molecular weight is 458 g/mol. The van der Waals surface area contributed by atoms with Gasteiger partial charge in [-0.2, -0.15) is 0 Å². The monoisotopic (exact) mass is 457 g/mol. The van der Waals surface area contributed by atoms with Gasteiger partial charge >= 0.3 is 0 Å². The first-order valence-electron chi connectivity index (χ1n) is 10.5. The molecule has 0 bridgehead atoms. The third-order valence-corrected chi connectivity index (χ3v) is 7.70. The summed E-state index contributed by atoms with van der Waals surface area (Å²) in [5.41, 5.74) is 3.04. The van der Waals surface area contributed by atoms with E-state index >= 15 is 0 Å². The lowest BCUT2D eigenvalue weighted by atomic mass is 9.95. The Labute approximate surface area is 190 Å². The van der Waals surface area contributed by atoms with Gasteiger partial charge in [-0.15, -0.1) is 10.2 Å². The van der Waals surface area contributed by atoms with Crippen LogP contribution in [0.3, 0.4) is 0 Å². The topological polar surface area (TPSA) is 81.9 Å². The van der Waals surface area contributed by atoms with E-state index in [4.69, 9.17) is 9.72 Å². The number of nitrogens with zero attached hydrogens (tertiary/aromatic N) is 4. The van der Waals surface area contributed by atoms with Gasteiger partial charge in [-0.25, -0.2) is 4.98 Å². The number of aromatic nitrogens is 4. The van der Waals surface area contributed by atoms with Crippen molar-refractivity contribution in [2.75, 3.05) is 12.4 Å². The Kier molecular flexibility index (Phi) is 6.92. The van der Waals surface area contributed by atoms with E-state index in [9.17, 15) is 4.79 Å². The molecule has 9 heteroatoms. The summed E-state index contributed by atoms with van der Waals surface area (Å²) in [6.45, 7) is 4.23. The van der Waals surface area contributed by atoms with E-state index in [2.05, 4.69) is 33.9 Å². The summed E-state index contributed by atoms with van der Waals surface area (Å²) in [6.07, 6.45) is 6.35. The number of amides is 1. The van der Waals surface area contributed by atoms with E-state index in [0.717, 1.165) is 21.6 Å². The average Bonchev–Trinajstić information content (AvgIpc) is 3.38. The summed E-state index contributed by atoms with van der Waals surface area (Å²) < 4.78 is 7.55. The van der Waals surface area contributed by atoms with Crippen molar-refractivity contribution in [1.82, 2.24) is 19.7 Å². The summed E-state index contributed by atoms with van der Waals surface area (Å²) >= 11 is 3.00. The molecule has 1 fully saturated rings. The SMILES string of the molecule is COc1ccc(NC(=O)c2nnc(CSc3nc(C)c(C)n3C3CCCCC3)s2)cc1. The summed E-state index contributed by atoms with van der Waals surface area (Å²) in [6, 6.07) is 7.73. The van der Waals surface area contributed by atoms with Gasteiger partial charge in [0.05, 0.1) is 18.6 Å². The third-order valence-electron chi connectivity index (χ3n) is 5.63. The molecule has 0 spiro atoms. The number of methoxy groups -OCH3 is 1. The number of carbonyl (C=O) groups excluding carboxylic acids is 1. The second kappa shape index (κ2) is 9.82. The number of nitrogens with one attached hydrogen (secondary N) is 1. The summed E-state index contributed by atoms with van der Waals surface area (Å²) in [4.78, 5) is 17.3. The molecule has 0 unspecified atom stereocenters. The van der Waals surface area contributed by atoms with Crippen molar-refractivity contribution in [2.45, 2.75) is 62.9 Å². The van der Waals surface area contributed by atoms with Crippen molar-refractivity contribution < 1.29 is 9.53 Å². The molecule has 2 heterocycles. The number of anilines is 1. The van der Waals surface area contributed by atoms with Crippen LogP contribution in [0, 0.1) is 13.8 Å². The van der Waals surface area contributed by atoms with Gasteiger partial charge in [-0.1, -0.05) is 42.4 Å². The molecule has 7 nitrogen and oxygen atoms in total. The number of imidazole rings is 1. The molecule has 2 aromatic heterocycles. The number of thioether (sulfide) groups is 1. The minimum atomic E-state index is -0.255. The Bertz CT molecular complexity index is 1040. The fraction of sp³-hybridized carbons (Fsp3) is 0.455. The lowest BCUT2D eigenvalue weighted by Gasteiger charge is -2.25. The quantitative estimate of drug-likeness (QED) is 0.478. The lowest BCUT2D eigenvalue weighted by Crippen LogP contribution is -2.15. The van der Waals surface area contributed by atoms with Crippen molar-refractivity contribution in [1.29, 1.82) is 0 Å². The van der Waals surface area contributed by atoms with Gasteiger partial charge in [-0.3, -0.25) is 4.79 Å². The number of ether oxygens (including phenoxy) is 1. The highest BCUT2D eigenvalue weighted by atomic mass is 32.2. The van der Waals surface area contributed by atoms with Crippen molar-refractivity contribution in [2.24, 2.45) is 0 Å². The number of aryl methyl sites for hydroxylation is 1. The van der Waals surface area contributed by atoms with E-state index < -0.39 is 0 Å². The number of hydrogen-bond donors (Lipinski definition) is 1. The number of benzene rings is 1. The molecule has 31 heavy (non-hydrogen) atoms. The molecule has 164 valence electrons. The smallest absolute Gasteiger partial charge is 0.286 e. The van der Waals surface area contributed by atoms with Crippen LogP contribution in [0.2, 0.25) is 0 Å². The van der Waals surface area contributed by atoms with Gasteiger partial charge in [0.1, 0.15) is 10.8 Å². The molecule has 1 saturated carbocycles. The van der Waals surface area contributed by atoms with Gasteiger partial charge in [0.15, 0.2) is 5.16 Å². The first-order chi connectivity index (χ1) is 15.0. The minimum Gasteiger partial charge on any atom is -0.497 e. The van der Waals surface area contributed by atoms with E-state index in [1.165, 1.54) is 49.1 Å². The molecule has 0 saturated heterocycles. The molecular weight excluding hydrogens is 430 g/mol. The van der Waals surface area contributed by atoms with Crippen LogP contribution >= 0.6 is 23.1 Å². The third kappa shape index (κ3) is 5.10. The van der Waals surface area contributed by atoms with Gasteiger partial charge in [0.25, 0.3) is 5.91 Å². The van der Waals surface area contributed by atoms with E-state index in [0.29, 0.717) is 22.5 Å². The van der Waals surface area contributed by atoms with E-state index in [1.807, 2.05) is 0 Å². The Morgan fingerprint density at radius 2 is 1.94 bits per heavy atom. The fourth-order valence-corrected chi connectivity index (χ4v) is 5.74. The first-order valence-corrected chi connectivity index (χ1v) is 12.3. The molecule has 0 aliphatic heterocycles. The predicted octanol–water partition coefficient (Wildman–Crippen LogP) is 5.41. The standard InChI is InChI=1S/C22H27N5O2S2/c1-14-15(2)27(17-7-5-4-6-8-17)22(23-14)30-13-19-25-26-21(31-19)20(28)24-16-9-11-18(29-3)12-10-16/h9-12,17H,4-8,13H2,1-3H3,(H,24,28). The second-order valence-electron chi connectivity index (χ2n) is 7.70. The van der Waals surface area contributed by atoms with Crippen LogP contribution < -0.4 is 10.1 Å². The highest BCUT2D eigenvalue weighted by molar-refractivity contribution is 7.98. The fourth-order valence-electron chi connectivity index (χ4n) is 3.86. The molecule has 1 N–H and O–H groups in total. The Morgan fingerprint density at radius 3 is 2.65 bits per heavy atom. The Morgan fingerprint density at radius 1 is 1.19 bits per heavy atom. The highest BCUT2D eigenvalue weighted by Crippen LogP contribution is 2.35. The van der Waals surface area contributed by atoms with Crippen LogP contribution in [0.15, 0.2) is 29.4 Å². The maximum atomic E-state index is 12.5. The number of hydrogen-bond acceptors (Lipinski definition) is 7. The summed E-state index contributed by atoms with van der Waals surface area (Å²) in [7, 11) is 1.61. The summed E-state index contributed by atoms with van der Waals surface area (Å²) in [5.74, 6) is 1.13.